The standard InChI is InChI=1S/C36H43N3O6S/c1-4-5-6-7-8-9-10-14-17-33(36(43)39-35(42)31-22-23-32(27(3)40)38-26(31)2)46(44,45)30-20-18-29(19-21-30)34(41)37-25-24-28-15-12-11-13-16-28/h11-13,15-16,18-25,33H,4-10,14,17H2,1-3H3,(H,37,41)(H,39,42,43). The molecule has 2 aromatic carbocycles. The van der Waals surface area contributed by atoms with Crippen LogP contribution in [0.25, 0.3) is 6.08 Å². The van der Waals surface area contributed by atoms with Crippen LogP contribution in [0.3, 0.4) is 0 Å². The van der Waals surface area contributed by atoms with Gasteiger partial charge in [-0.3, -0.25) is 24.5 Å². The van der Waals surface area contributed by atoms with Crippen molar-refractivity contribution in [1.29, 1.82) is 0 Å². The van der Waals surface area contributed by atoms with Crippen molar-refractivity contribution in [2.24, 2.45) is 0 Å². The number of aromatic nitrogens is 1. The highest BCUT2D eigenvalue weighted by atomic mass is 32.2. The first kappa shape index (κ1) is 36.0. The molecule has 1 aromatic heterocycles. The van der Waals surface area contributed by atoms with E-state index < -0.39 is 32.8 Å². The van der Waals surface area contributed by atoms with E-state index in [2.05, 4.69) is 22.5 Å². The summed E-state index contributed by atoms with van der Waals surface area (Å²) in [5.41, 5.74) is 1.64. The van der Waals surface area contributed by atoms with E-state index in [1.165, 1.54) is 62.9 Å². The summed E-state index contributed by atoms with van der Waals surface area (Å²) in [5, 5.41) is 3.39. The highest BCUT2D eigenvalue weighted by Gasteiger charge is 2.35. The lowest BCUT2D eigenvalue weighted by Crippen LogP contribution is -2.43. The lowest BCUT2D eigenvalue weighted by molar-refractivity contribution is -0.119. The number of carbonyl (C=O) groups excluding carboxylic acids is 4. The van der Waals surface area contributed by atoms with Crippen LogP contribution >= 0.6 is 0 Å². The summed E-state index contributed by atoms with van der Waals surface area (Å²) in [4.78, 5) is 54.7. The van der Waals surface area contributed by atoms with Crippen LogP contribution in [-0.4, -0.2) is 42.2 Å². The molecule has 0 spiro atoms. The first-order valence-electron chi connectivity index (χ1n) is 15.7. The number of amides is 3. The fraction of sp³-hybridized carbons (Fsp3) is 0.361. The normalized spacial score (nSPS) is 12.1. The van der Waals surface area contributed by atoms with Gasteiger partial charge in [-0.05, 0) is 61.4 Å². The molecule has 3 aromatic rings. The monoisotopic (exact) mass is 645 g/mol. The van der Waals surface area contributed by atoms with Crippen molar-refractivity contribution in [2.75, 3.05) is 0 Å². The fourth-order valence-corrected chi connectivity index (χ4v) is 6.63. The van der Waals surface area contributed by atoms with Gasteiger partial charge in [0.2, 0.25) is 5.91 Å². The predicted octanol–water partition coefficient (Wildman–Crippen LogP) is 6.62. The average Bonchev–Trinajstić information content (AvgIpc) is 3.04. The van der Waals surface area contributed by atoms with Crippen LogP contribution in [0.5, 0.6) is 0 Å². The average molecular weight is 646 g/mol. The van der Waals surface area contributed by atoms with Crippen molar-refractivity contribution < 1.29 is 27.6 Å². The van der Waals surface area contributed by atoms with E-state index in [-0.39, 0.29) is 39.6 Å². The van der Waals surface area contributed by atoms with Crippen LogP contribution in [0.2, 0.25) is 0 Å². The summed E-state index contributed by atoms with van der Waals surface area (Å²) in [5.74, 6) is -2.42. The number of imide groups is 1. The molecule has 0 bridgehead atoms. The Bertz CT molecular complexity index is 1630. The predicted molar refractivity (Wildman–Crippen MR) is 179 cm³/mol. The number of nitrogens with one attached hydrogen (secondary N) is 2. The quantitative estimate of drug-likeness (QED) is 0.124. The van der Waals surface area contributed by atoms with Crippen molar-refractivity contribution >= 4 is 39.4 Å². The number of Topliss-reactive ketones (excluding diaryl/α,β-unsaturated/α-hetero) is 1. The largest absolute Gasteiger partial charge is 0.329 e. The number of rotatable bonds is 17. The molecule has 46 heavy (non-hydrogen) atoms. The maximum atomic E-state index is 13.8. The Hall–Kier alpha value is -4.44. The Morgan fingerprint density at radius 3 is 2.04 bits per heavy atom. The molecule has 2 N–H and O–H groups in total. The summed E-state index contributed by atoms with van der Waals surface area (Å²) in [6.45, 7) is 5.05. The topological polar surface area (TPSA) is 139 Å². The summed E-state index contributed by atoms with van der Waals surface area (Å²) >= 11 is 0. The van der Waals surface area contributed by atoms with E-state index in [4.69, 9.17) is 0 Å². The lowest BCUT2D eigenvalue weighted by Gasteiger charge is -2.18. The van der Waals surface area contributed by atoms with E-state index in [0.717, 1.165) is 44.1 Å². The van der Waals surface area contributed by atoms with Gasteiger partial charge >= 0.3 is 0 Å². The molecule has 9 nitrogen and oxygen atoms in total. The molecule has 0 aliphatic heterocycles. The van der Waals surface area contributed by atoms with Gasteiger partial charge in [0.15, 0.2) is 15.6 Å². The van der Waals surface area contributed by atoms with Crippen molar-refractivity contribution in [2.45, 2.75) is 88.7 Å². The second-order valence-corrected chi connectivity index (χ2v) is 13.4. The van der Waals surface area contributed by atoms with E-state index in [0.29, 0.717) is 6.42 Å². The minimum absolute atomic E-state index is 0.0312. The number of nitrogens with zero attached hydrogens (tertiary/aromatic N) is 1. The van der Waals surface area contributed by atoms with Gasteiger partial charge in [0.1, 0.15) is 10.9 Å². The van der Waals surface area contributed by atoms with Gasteiger partial charge in [-0.2, -0.15) is 0 Å². The van der Waals surface area contributed by atoms with Gasteiger partial charge in [0, 0.05) is 18.7 Å². The second-order valence-electron chi connectivity index (χ2n) is 11.2. The van der Waals surface area contributed by atoms with E-state index in [9.17, 15) is 27.6 Å². The Balaban J connectivity index is 1.74. The SMILES string of the molecule is CCCCCCCCCCC(C(=O)NC(=O)c1ccc(C(C)=O)nc1C)S(=O)(=O)c1ccc(C(=O)NC=Cc2ccccc2)cc1. The first-order chi connectivity index (χ1) is 22.0. The summed E-state index contributed by atoms with van der Waals surface area (Å²) < 4.78 is 27.6. The van der Waals surface area contributed by atoms with Crippen LogP contribution in [0, 0.1) is 6.92 Å². The van der Waals surface area contributed by atoms with Crippen LogP contribution in [0.1, 0.15) is 114 Å². The highest BCUT2D eigenvalue weighted by Crippen LogP contribution is 2.23. The Labute approximate surface area is 271 Å². The summed E-state index contributed by atoms with van der Waals surface area (Å²) in [6, 6.07) is 17.6. The number of benzene rings is 2. The Morgan fingerprint density at radius 2 is 1.43 bits per heavy atom. The Morgan fingerprint density at radius 1 is 0.804 bits per heavy atom. The van der Waals surface area contributed by atoms with Crippen LogP contribution in [0.15, 0.2) is 77.8 Å². The van der Waals surface area contributed by atoms with Crippen LogP contribution in [-0.2, 0) is 14.6 Å². The molecule has 10 heteroatoms. The van der Waals surface area contributed by atoms with Gasteiger partial charge in [-0.25, -0.2) is 13.4 Å². The molecule has 0 aliphatic rings. The number of pyridine rings is 1. The molecule has 1 heterocycles. The van der Waals surface area contributed by atoms with Gasteiger partial charge in [-0.15, -0.1) is 0 Å². The zero-order chi connectivity index (χ0) is 33.5. The molecule has 1 atom stereocenters. The minimum Gasteiger partial charge on any atom is -0.329 e. The maximum Gasteiger partial charge on any atom is 0.259 e. The number of carbonyl (C=O) groups is 4. The molecule has 0 saturated carbocycles. The number of ketones is 1. The molecule has 244 valence electrons. The fourth-order valence-electron chi connectivity index (χ4n) is 4.97. The first-order valence-corrected chi connectivity index (χ1v) is 17.3. The highest BCUT2D eigenvalue weighted by molar-refractivity contribution is 7.92. The third-order valence-corrected chi connectivity index (χ3v) is 9.78. The third kappa shape index (κ3) is 10.6. The number of hydrogen-bond donors (Lipinski definition) is 2. The van der Waals surface area contributed by atoms with E-state index in [1.54, 1.807) is 6.08 Å². The zero-order valence-corrected chi connectivity index (χ0v) is 27.6. The third-order valence-electron chi connectivity index (χ3n) is 7.65. The molecule has 1 unspecified atom stereocenters. The van der Waals surface area contributed by atoms with Gasteiger partial charge in [0.05, 0.1) is 16.2 Å². The zero-order valence-electron chi connectivity index (χ0n) is 26.8. The molecular weight excluding hydrogens is 602 g/mol. The molecule has 0 aliphatic carbocycles. The van der Waals surface area contributed by atoms with Gasteiger partial charge in [0.25, 0.3) is 11.8 Å². The van der Waals surface area contributed by atoms with Crippen molar-refractivity contribution in [1.82, 2.24) is 15.6 Å². The molecular formula is C36H43N3O6S. The van der Waals surface area contributed by atoms with E-state index >= 15 is 0 Å². The smallest absolute Gasteiger partial charge is 0.259 e. The number of sulfone groups is 1. The number of unbranched alkanes of at least 4 members (excludes halogenated alkanes) is 7. The van der Waals surface area contributed by atoms with Crippen molar-refractivity contribution in [3.8, 4) is 0 Å². The summed E-state index contributed by atoms with van der Waals surface area (Å²) in [6.07, 6.45) is 11.1. The van der Waals surface area contributed by atoms with Crippen LogP contribution < -0.4 is 10.6 Å². The maximum absolute atomic E-state index is 13.8. The molecule has 3 amide bonds. The lowest BCUT2D eigenvalue weighted by atomic mass is 10.1. The molecule has 0 fully saturated rings. The van der Waals surface area contributed by atoms with E-state index in [1.807, 2.05) is 30.3 Å². The number of hydrogen-bond acceptors (Lipinski definition) is 7. The Kier molecular flexibility index (Phi) is 14.0. The van der Waals surface area contributed by atoms with Gasteiger partial charge in [-0.1, -0.05) is 88.6 Å². The molecule has 0 radical (unpaired) electrons. The molecule has 3 rings (SSSR count). The summed E-state index contributed by atoms with van der Waals surface area (Å²) in [7, 11) is -4.23. The minimum atomic E-state index is -4.23. The van der Waals surface area contributed by atoms with Gasteiger partial charge < -0.3 is 5.32 Å². The number of aryl methyl sites for hydroxylation is 1. The second kappa shape index (κ2) is 17.9. The van der Waals surface area contributed by atoms with Crippen molar-refractivity contribution in [3.63, 3.8) is 0 Å². The molecule has 0 saturated heterocycles. The van der Waals surface area contributed by atoms with Crippen LogP contribution in [0.4, 0.5) is 0 Å². The van der Waals surface area contributed by atoms with Crippen molar-refractivity contribution in [3.05, 3.63) is 101 Å².